The predicted molar refractivity (Wildman–Crippen MR) is 76.0 cm³/mol. The van der Waals surface area contributed by atoms with Crippen LogP contribution in [0.4, 0.5) is 0 Å². The van der Waals surface area contributed by atoms with Crippen LogP contribution < -0.4 is 20.7 Å². The van der Waals surface area contributed by atoms with Gasteiger partial charge in [0.15, 0.2) is 0 Å². The van der Waals surface area contributed by atoms with Gasteiger partial charge in [0.1, 0.15) is 16.4 Å². The number of hydrogen-bond donors (Lipinski definition) is 2. The molecule has 0 unspecified atom stereocenters. The van der Waals surface area contributed by atoms with Crippen LogP contribution in [0.2, 0.25) is 0 Å². The molecule has 1 amide bonds. The van der Waals surface area contributed by atoms with E-state index in [1.54, 1.807) is 7.11 Å². The minimum absolute atomic E-state index is 0.331. The Morgan fingerprint density at radius 2 is 2.25 bits per heavy atom. The average molecular weight is 293 g/mol. The highest BCUT2D eigenvalue weighted by atomic mass is 32.1. The van der Waals surface area contributed by atoms with Gasteiger partial charge in [-0.3, -0.25) is 10.2 Å². The molecule has 106 valence electrons. The predicted octanol–water partition coefficient (Wildman–Crippen LogP) is 1.38. The molecule has 0 aliphatic rings. The molecule has 0 spiro atoms. The van der Waals surface area contributed by atoms with Crippen LogP contribution in [0, 0.1) is 0 Å². The molecular formula is C13H15N3O3S. The quantitative estimate of drug-likeness (QED) is 0.477. The van der Waals surface area contributed by atoms with Gasteiger partial charge in [-0.2, -0.15) is 0 Å². The van der Waals surface area contributed by atoms with Crippen molar-refractivity contribution in [3.63, 3.8) is 0 Å². The number of hydrazine groups is 1. The van der Waals surface area contributed by atoms with E-state index in [0.717, 1.165) is 16.5 Å². The number of nitrogens with two attached hydrogens (primary N) is 1. The molecule has 0 atom stereocenters. The number of nitrogen functional groups attached to an aromatic ring is 1. The molecule has 20 heavy (non-hydrogen) atoms. The highest BCUT2D eigenvalue weighted by Gasteiger charge is 2.08. The van der Waals surface area contributed by atoms with Crippen molar-refractivity contribution in [1.29, 1.82) is 0 Å². The molecule has 3 N–H and O–H groups in total. The van der Waals surface area contributed by atoms with Crippen LogP contribution in [0.15, 0.2) is 30.5 Å². The minimum Gasteiger partial charge on any atom is -0.497 e. The number of aromatic nitrogens is 1. The molecule has 0 aliphatic heterocycles. The molecule has 2 aromatic rings. The van der Waals surface area contributed by atoms with E-state index in [2.05, 4.69) is 10.4 Å². The number of carbonyl (C=O) groups excluding carboxylic acids is 1. The monoisotopic (exact) mass is 293 g/mol. The second-order valence-electron chi connectivity index (χ2n) is 3.87. The van der Waals surface area contributed by atoms with Crippen molar-refractivity contribution in [3.8, 4) is 11.5 Å². The minimum atomic E-state index is -0.331. The summed E-state index contributed by atoms with van der Waals surface area (Å²) in [5.41, 5.74) is 2.08. The first-order chi connectivity index (χ1) is 9.72. The highest BCUT2D eigenvalue weighted by Crippen LogP contribution is 2.19. The Morgan fingerprint density at radius 3 is 3.00 bits per heavy atom. The van der Waals surface area contributed by atoms with Crippen LogP contribution in [0.5, 0.6) is 11.5 Å². The summed E-state index contributed by atoms with van der Waals surface area (Å²) < 4.78 is 10.7. The highest BCUT2D eigenvalue weighted by molar-refractivity contribution is 7.13. The van der Waals surface area contributed by atoms with Crippen LogP contribution in [-0.2, 0) is 6.42 Å². The summed E-state index contributed by atoms with van der Waals surface area (Å²) in [5, 5.41) is 0.825. The maximum Gasteiger partial charge on any atom is 0.276 e. The number of amides is 1. The van der Waals surface area contributed by atoms with E-state index in [9.17, 15) is 4.79 Å². The number of rotatable bonds is 6. The molecule has 0 bridgehead atoms. The lowest BCUT2D eigenvalue weighted by Gasteiger charge is -2.06. The third-order valence-corrected chi connectivity index (χ3v) is 3.59. The lowest BCUT2D eigenvalue weighted by Crippen LogP contribution is -2.29. The Morgan fingerprint density at radius 1 is 1.45 bits per heavy atom. The zero-order valence-corrected chi connectivity index (χ0v) is 11.8. The van der Waals surface area contributed by atoms with Crippen molar-refractivity contribution in [1.82, 2.24) is 10.4 Å². The van der Waals surface area contributed by atoms with Gasteiger partial charge in [-0.05, 0) is 12.1 Å². The van der Waals surface area contributed by atoms with Crippen molar-refractivity contribution < 1.29 is 14.3 Å². The number of methoxy groups -OCH3 is 1. The van der Waals surface area contributed by atoms with E-state index in [0.29, 0.717) is 17.9 Å². The molecule has 0 aliphatic carbocycles. The van der Waals surface area contributed by atoms with Crippen molar-refractivity contribution in [3.05, 3.63) is 40.3 Å². The first-order valence-corrected chi connectivity index (χ1v) is 6.77. The Hall–Kier alpha value is -2.12. The van der Waals surface area contributed by atoms with Gasteiger partial charge in [0.25, 0.3) is 5.91 Å². The van der Waals surface area contributed by atoms with Gasteiger partial charge in [-0.1, -0.05) is 6.07 Å². The van der Waals surface area contributed by atoms with Gasteiger partial charge in [-0.15, -0.1) is 11.3 Å². The van der Waals surface area contributed by atoms with Crippen molar-refractivity contribution >= 4 is 17.2 Å². The third-order valence-electron chi connectivity index (χ3n) is 2.53. The van der Waals surface area contributed by atoms with Gasteiger partial charge in [0.2, 0.25) is 0 Å². The lowest BCUT2D eigenvalue weighted by molar-refractivity contribution is 0.0957. The molecule has 1 aromatic carbocycles. The van der Waals surface area contributed by atoms with E-state index in [1.807, 2.05) is 24.3 Å². The summed E-state index contributed by atoms with van der Waals surface area (Å²) in [6.07, 6.45) is 2.13. The SMILES string of the molecule is COc1cccc(OCCc2ncc(C(=O)NN)s2)c1. The van der Waals surface area contributed by atoms with Gasteiger partial charge >= 0.3 is 0 Å². The second kappa shape index (κ2) is 6.88. The number of nitrogens with one attached hydrogen (secondary N) is 1. The molecule has 0 fully saturated rings. The number of carbonyl (C=O) groups is 1. The summed E-state index contributed by atoms with van der Waals surface area (Å²) >= 11 is 1.30. The van der Waals surface area contributed by atoms with Gasteiger partial charge in [0, 0.05) is 12.5 Å². The Bertz CT molecular complexity index is 586. The first kappa shape index (κ1) is 14.3. The molecule has 0 saturated heterocycles. The standard InChI is InChI=1S/C13H15N3O3S/c1-18-9-3-2-4-10(7-9)19-6-5-12-15-8-11(20-12)13(17)16-14/h2-4,7-8H,5-6,14H2,1H3,(H,16,17). The zero-order chi connectivity index (χ0) is 14.4. The van der Waals surface area contributed by atoms with E-state index in [1.165, 1.54) is 17.5 Å². The van der Waals surface area contributed by atoms with Gasteiger partial charge in [-0.25, -0.2) is 10.8 Å². The first-order valence-electron chi connectivity index (χ1n) is 5.95. The van der Waals surface area contributed by atoms with E-state index >= 15 is 0 Å². The van der Waals surface area contributed by atoms with Crippen LogP contribution in [0.25, 0.3) is 0 Å². The number of ether oxygens (including phenoxy) is 2. The average Bonchev–Trinajstić information content (AvgIpc) is 2.95. The van der Waals surface area contributed by atoms with E-state index in [-0.39, 0.29) is 5.91 Å². The topological polar surface area (TPSA) is 86.5 Å². The summed E-state index contributed by atoms with van der Waals surface area (Å²) in [4.78, 5) is 15.9. The number of nitrogens with zero attached hydrogens (tertiary/aromatic N) is 1. The smallest absolute Gasteiger partial charge is 0.276 e. The van der Waals surface area contributed by atoms with Gasteiger partial charge < -0.3 is 9.47 Å². The fourth-order valence-electron chi connectivity index (χ4n) is 1.55. The van der Waals surface area contributed by atoms with E-state index < -0.39 is 0 Å². The zero-order valence-electron chi connectivity index (χ0n) is 11.0. The molecule has 1 aromatic heterocycles. The Labute approximate surface area is 120 Å². The molecule has 0 saturated carbocycles. The van der Waals surface area contributed by atoms with Crippen molar-refractivity contribution in [2.75, 3.05) is 13.7 Å². The summed E-state index contributed by atoms with van der Waals surface area (Å²) in [5.74, 6) is 6.21. The molecule has 2 rings (SSSR count). The number of thiazole rings is 1. The van der Waals surface area contributed by atoms with Crippen molar-refractivity contribution in [2.24, 2.45) is 5.84 Å². The normalized spacial score (nSPS) is 10.1. The molecule has 6 nitrogen and oxygen atoms in total. The number of hydrogen-bond acceptors (Lipinski definition) is 6. The number of benzene rings is 1. The van der Waals surface area contributed by atoms with E-state index in [4.69, 9.17) is 15.3 Å². The Balaban J connectivity index is 1.86. The van der Waals surface area contributed by atoms with Crippen LogP contribution in [0.3, 0.4) is 0 Å². The van der Waals surface area contributed by atoms with Crippen LogP contribution in [0.1, 0.15) is 14.7 Å². The maximum absolute atomic E-state index is 11.3. The largest absolute Gasteiger partial charge is 0.497 e. The third kappa shape index (κ3) is 3.69. The second-order valence-corrected chi connectivity index (χ2v) is 4.98. The summed E-state index contributed by atoms with van der Waals surface area (Å²) in [6.45, 7) is 0.477. The fraction of sp³-hybridized carbons (Fsp3) is 0.231. The maximum atomic E-state index is 11.3. The van der Waals surface area contributed by atoms with Crippen LogP contribution in [-0.4, -0.2) is 24.6 Å². The summed E-state index contributed by atoms with van der Waals surface area (Å²) in [7, 11) is 1.61. The fourth-order valence-corrected chi connectivity index (χ4v) is 2.35. The summed E-state index contributed by atoms with van der Waals surface area (Å²) in [6, 6.07) is 7.39. The van der Waals surface area contributed by atoms with Crippen molar-refractivity contribution in [2.45, 2.75) is 6.42 Å². The molecule has 1 heterocycles. The molecule has 7 heteroatoms. The molecule has 0 radical (unpaired) electrons. The Kier molecular flexibility index (Phi) is 4.91. The molecular weight excluding hydrogens is 278 g/mol. The van der Waals surface area contributed by atoms with Crippen LogP contribution >= 0.6 is 11.3 Å². The lowest BCUT2D eigenvalue weighted by atomic mass is 10.3. The van der Waals surface area contributed by atoms with Gasteiger partial charge in [0.05, 0.1) is 24.9 Å².